The van der Waals surface area contributed by atoms with E-state index in [2.05, 4.69) is 0 Å². The van der Waals surface area contributed by atoms with Gasteiger partial charge >= 0.3 is 0 Å². The van der Waals surface area contributed by atoms with Crippen LogP contribution in [0.15, 0.2) is 8.83 Å². The molecule has 2 rings (SSSR count). The first-order valence-electron chi connectivity index (χ1n) is 7.03. The number of aliphatic hydroxyl groups is 2. The van der Waals surface area contributed by atoms with Crippen molar-refractivity contribution in [1.29, 1.82) is 0 Å². The van der Waals surface area contributed by atoms with Crippen molar-refractivity contribution in [3.8, 4) is 11.5 Å². The zero-order valence-corrected chi connectivity index (χ0v) is 12.5. The fourth-order valence-corrected chi connectivity index (χ4v) is 2.83. The third kappa shape index (κ3) is 2.19. The average Bonchev–Trinajstić information content (AvgIpc) is 2.95. The highest BCUT2D eigenvalue weighted by Crippen LogP contribution is 2.37. The van der Waals surface area contributed by atoms with Crippen LogP contribution in [0.4, 0.5) is 0 Å². The van der Waals surface area contributed by atoms with E-state index in [1.54, 1.807) is 0 Å². The molecule has 2 N–H and O–H groups in total. The molecule has 4 heteroatoms. The predicted octanol–water partition coefficient (Wildman–Crippen LogP) is 3.27. The Kier molecular flexibility index (Phi) is 4.35. The second kappa shape index (κ2) is 5.85. The highest BCUT2D eigenvalue weighted by molar-refractivity contribution is 5.64. The summed E-state index contributed by atoms with van der Waals surface area (Å²) in [5, 5.41) is 18.8. The lowest BCUT2D eigenvalue weighted by atomic mass is 10.0. The quantitative estimate of drug-likeness (QED) is 0.881. The minimum Gasteiger partial charge on any atom is -0.455 e. The van der Waals surface area contributed by atoms with E-state index in [-0.39, 0.29) is 13.2 Å². The number of hydrogen-bond donors (Lipinski definition) is 2. The van der Waals surface area contributed by atoms with Crippen LogP contribution in [0.1, 0.15) is 47.6 Å². The first-order chi connectivity index (χ1) is 9.58. The maximum Gasteiger partial charge on any atom is 0.173 e. The largest absolute Gasteiger partial charge is 0.455 e. The Morgan fingerprint density at radius 2 is 1.10 bits per heavy atom. The summed E-state index contributed by atoms with van der Waals surface area (Å²) >= 11 is 0. The summed E-state index contributed by atoms with van der Waals surface area (Å²) in [7, 11) is 0. The van der Waals surface area contributed by atoms with Crippen LogP contribution in [0.2, 0.25) is 0 Å². The molecule has 0 saturated carbocycles. The van der Waals surface area contributed by atoms with E-state index in [4.69, 9.17) is 8.83 Å². The van der Waals surface area contributed by atoms with Crippen LogP contribution >= 0.6 is 0 Å². The molecule has 0 atom stereocenters. The summed E-state index contributed by atoms with van der Waals surface area (Å²) < 4.78 is 11.6. The van der Waals surface area contributed by atoms with Crippen molar-refractivity contribution in [2.24, 2.45) is 0 Å². The molecule has 0 aliphatic rings. The van der Waals surface area contributed by atoms with Gasteiger partial charge in [-0.25, -0.2) is 0 Å². The lowest BCUT2D eigenvalue weighted by Gasteiger charge is -1.97. The molecule has 110 valence electrons. The van der Waals surface area contributed by atoms with Crippen molar-refractivity contribution >= 4 is 0 Å². The molecule has 0 aromatic carbocycles. The summed E-state index contributed by atoms with van der Waals surface area (Å²) in [6, 6.07) is 0. The van der Waals surface area contributed by atoms with E-state index < -0.39 is 0 Å². The van der Waals surface area contributed by atoms with Gasteiger partial charge < -0.3 is 19.0 Å². The molecular weight excluding hydrogens is 256 g/mol. The van der Waals surface area contributed by atoms with Gasteiger partial charge in [-0.15, -0.1) is 0 Å². The molecule has 2 aromatic rings. The Bertz CT molecular complexity index is 550. The maximum atomic E-state index is 9.39. The minimum atomic E-state index is -0.114. The van der Waals surface area contributed by atoms with Crippen molar-refractivity contribution in [3.63, 3.8) is 0 Å². The fraction of sp³-hybridized carbons (Fsp3) is 0.500. The van der Waals surface area contributed by atoms with E-state index in [9.17, 15) is 10.2 Å². The lowest BCUT2D eigenvalue weighted by Crippen LogP contribution is -1.88. The first-order valence-corrected chi connectivity index (χ1v) is 7.03. The molecule has 4 nitrogen and oxygen atoms in total. The third-order valence-corrected chi connectivity index (χ3v) is 3.91. The highest BCUT2D eigenvalue weighted by Gasteiger charge is 2.23. The van der Waals surface area contributed by atoms with Crippen LogP contribution in [0.5, 0.6) is 0 Å². The van der Waals surface area contributed by atoms with Crippen LogP contribution in [0.3, 0.4) is 0 Å². The fourth-order valence-electron chi connectivity index (χ4n) is 2.83. The Hall–Kier alpha value is -1.52. The van der Waals surface area contributed by atoms with E-state index in [0.717, 1.165) is 35.1 Å². The number of hydrogen-bond acceptors (Lipinski definition) is 4. The van der Waals surface area contributed by atoms with Crippen molar-refractivity contribution in [3.05, 3.63) is 33.8 Å². The first kappa shape index (κ1) is 14.9. The second-order valence-electron chi connectivity index (χ2n) is 4.94. The van der Waals surface area contributed by atoms with E-state index in [1.165, 1.54) is 0 Å². The molecule has 0 amide bonds. The summed E-state index contributed by atoms with van der Waals surface area (Å²) in [5.41, 5.74) is 4.06. The normalized spacial score (nSPS) is 11.3. The SMILES string of the molecule is CCc1c(CO)oc(-c2oc(CO)c(CC)c2C)c1C. The Morgan fingerprint density at radius 1 is 0.750 bits per heavy atom. The highest BCUT2D eigenvalue weighted by atomic mass is 16.4. The molecule has 0 unspecified atom stereocenters. The van der Waals surface area contributed by atoms with Crippen LogP contribution in [0.25, 0.3) is 11.5 Å². The van der Waals surface area contributed by atoms with Gasteiger partial charge in [-0.3, -0.25) is 0 Å². The van der Waals surface area contributed by atoms with Gasteiger partial charge in [0.25, 0.3) is 0 Å². The zero-order valence-electron chi connectivity index (χ0n) is 12.5. The predicted molar refractivity (Wildman–Crippen MR) is 76.5 cm³/mol. The Balaban J connectivity index is 2.63. The van der Waals surface area contributed by atoms with Crippen molar-refractivity contribution in [1.82, 2.24) is 0 Å². The van der Waals surface area contributed by atoms with Crippen LogP contribution < -0.4 is 0 Å². The zero-order chi connectivity index (χ0) is 14.9. The Labute approximate surface area is 119 Å². The van der Waals surface area contributed by atoms with Gasteiger partial charge in [0.05, 0.1) is 0 Å². The molecule has 0 bridgehead atoms. The van der Waals surface area contributed by atoms with Gasteiger partial charge in [0.2, 0.25) is 0 Å². The molecule has 0 aliphatic heterocycles. The molecule has 0 saturated heterocycles. The van der Waals surface area contributed by atoms with Gasteiger partial charge in [0.15, 0.2) is 11.5 Å². The standard InChI is InChI=1S/C16H22O4/c1-5-11-9(3)15(19-13(11)7-17)16-10(4)12(6-2)14(8-18)20-16/h17-18H,5-8H2,1-4H3. The second-order valence-corrected chi connectivity index (χ2v) is 4.94. The van der Waals surface area contributed by atoms with Crippen LogP contribution in [0, 0.1) is 13.8 Å². The van der Waals surface area contributed by atoms with E-state index in [0.29, 0.717) is 23.0 Å². The minimum absolute atomic E-state index is 0.114. The van der Waals surface area contributed by atoms with Crippen LogP contribution in [-0.4, -0.2) is 10.2 Å². The van der Waals surface area contributed by atoms with E-state index in [1.807, 2.05) is 27.7 Å². The third-order valence-electron chi connectivity index (χ3n) is 3.91. The van der Waals surface area contributed by atoms with Crippen molar-refractivity contribution in [2.45, 2.75) is 53.8 Å². The molecule has 2 aromatic heterocycles. The van der Waals surface area contributed by atoms with Crippen molar-refractivity contribution < 1.29 is 19.0 Å². The monoisotopic (exact) mass is 278 g/mol. The van der Waals surface area contributed by atoms with Crippen molar-refractivity contribution in [2.75, 3.05) is 0 Å². The summed E-state index contributed by atoms with van der Waals surface area (Å²) in [5.74, 6) is 2.52. The van der Waals surface area contributed by atoms with Gasteiger partial charge in [-0.2, -0.15) is 0 Å². The number of aliphatic hydroxyl groups excluding tert-OH is 2. The summed E-state index contributed by atoms with van der Waals surface area (Å²) in [6.07, 6.45) is 1.61. The molecule has 2 heterocycles. The van der Waals surface area contributed by atoms with Crippen LogP contribution in [-0.2, 0) is 26.1 Å². The molecule has 0 aliphatic carbocycles. The molecule has 0 radical (unpaired) electrons. The number of furan rings is 2. The molecule has 0 fully saturated rings. The summed E-state index contributed by atoms with van der Waals surface area (Å²) in [6.45, 7) is 7.79. The molecule has 20 heavy (non-hydrogen) atoms. The van der Waals surface area contributed by atoms with Gasteiger partial charge in [0.1, 0.15) is 24.7 Å². The molecular formula is C16H22O4. The van der Waals surface area contributed by atoms with Gasteiger partial charge in [0, 0.05) is 11.1 Å². The molecule has 0 spiro atoms. The van der Waals surface area contributed by atoms with Gasteiger partial charge in [-0.1, -0.05) is 13.8 Å². The lowest BCUT2D eigenvalue weighted by molar-refractivity contribution is 0.241. The Morgan fingerprint density at radius 3 is 1.30 bits per heavy atom. The smallest absolute Gasteiger partial charge is 0.173 e. The topological polar surface area (TPSA) is 66.7 Å². The van der Waals surface area contributed by atoms with Gasteiger partial charge in [-0.05, 0) is 37.8 Å². The van der Waals surface area contributed by atoms with E-state index >= 15 is 0 Å². The number of rotatable bonds is 5. The maximum absolute atomic E-state index is 9.39. The average molecular weight is 278 g/mol. The summed E-state index contributed by atoms with van der Waals surface area (Å²) in [4.78, 5) is 0.